The highest BCUT2D eigenvalue weighted by Crippen LogP contribution is 2.13. The Labute approximate surface area is 251 Å². The summed E-state index contributed by atoms with van der Waals surface area (Å²) in [6.45, 7) is 9.01. The molecule has 0 saturated heterocycles. The molecule has 1 aromatic rings. The fourth-order valence-corrected chi connectivity index (χ4v) is 3.56. The number of nitrogens with one attached hydrogen (secondary N) is 4. The van der Waals surface area contributed by atoms with Gasteiger partial charge in [0.25, 0.3) is 11.8 Å². The number of benzene rings is 1. The van der Waals surface area contributed by atoms with Crippen molar-refractivity contribution in [2.45, 2.75) is 72.6 Å². The van der Waals surface area contributed by atoms with E-state index >= 15 is 0 Å². The number of anilines is 1. The molecule has 0 spiro atoms. The Hall–Kier alpha value is -4.75. The van der Waals surface area contributed by atoms with Crippen molar-refractivity contribution in [1.82, 2.24) is 20.9 Å². The molecule has 0 saturated carbocycles. The maximum absolute atomic E-state index is 13.0. The minimum Gasteiger partial charge on any atom is -0.461 e. The van der Waals surface area contributed by atoms with E-state index in [2.05, 4.69) is 21.3 Å². The predicted molar refractivity (Wildman–Crippen MR) is 158 cm³/mol. The predicted octanol–water partition coefficient (Wildman–Crippen LogP) is 1.10. The highest BCUT2D eigenvalue weighted by molar-refractivity contribution is 6.13. The van der Waals surface area contributed by atoms with E-state index in [4.69, 9.17) is 10.5 Å². The molecule has 0 aromatic heterocycles. The molecule has 0 unspecified atom stereocenters. The summed E-state index contributed by atoms with van der Waals surface area (Å²) in [7, 11) is 0. The number of ether oxygens (including phenoxy) is 1. The van der Waals surface area contributed by atoms with Crippen LogP contribution in [0.3, 0.4) is 0 Å². The van der Waals surface area contributed by atoms with Crippen LogP contribution >= 0.6 is 0 Å². The molecule has 1 aliphatic rings. The molecule has 0 bridgehead atoms. The van der Waals surface area contributed by atoms with Crippen LogP contribution in [-0.4, -0.2) is 71.6 Å². The lowest BCUT2D eigenvalue weighted by Crippen LogP contribution is -2.52. The van der Waals surface area contributed by atoms with Crippen molar-refractivity contribution in [3.8, 4) is 0 Å². The van der Waals surface area contributed by atoms with E-state index in [1.807, 2.05) is 13.8 Å². The van der Waals surface area contributed by atoms with Crippen LogP contribution in [0.2, 0.25) is 0 Å². The van der Waals surface area contributed by atoms with Crippen LogP contribution in [-0.2, 0) is 40.1 Å². The van der Waals surface area contributed by atoms with E-state index in [1.165, 1.54) is 6.92 Å². The lowest BCUT2D eigenvalue weighted by molar-refractivity contribution is -0.148. The molecule has 0 fully saturated rings. The van der Waals surface area contributed by atoms with Crippen molar-refractivity contribution in [2.75, 3.05) is 18.4 Å². The molecular formula is C29H42N6O8. The van der Waals surface area contributed by atoms with E-state index in [9.17, 15) is 33.6 Å². The Kier molecular flexibility index (Phi) is 15.7. The summed E-state index contributed by atoms with van der Waals surface area (Å²) in [4.78, 5) is 84.9. The SMILES string of the molecule is CC.CC(C)C(=O)OCc1ccc(NC(=O)[C@H](CCCNC(N)=O)NC(=O)[C@H](C)NC(=O)CCN2C(=O)C=CC2=O)cc1. The highest BCUT2D eigenvalue weighted by atomic mass is 16.5. The number of nitrogens with zero attached hydrogens (tertiary/aromatic N) is 1. The molecule has 1 heterocycles. The van der Waals surface area contributed by atoms with E-state index in [-0.39, 0.29) is 44.4 Å². The second kappa shape index (κ2) is 18.6. The number of carbonyl (C=O) groups is 7. The third-order valence-corrected chi connectivity index (χ3v) is 5.91. The van der Waals surface area contributed by atoms with Gasteiger partial charge >= 0.3 is 12.0 Å². The second-order valence-electron chi connectivity index (χ2n) is 9.64. The van der Waals surface area contributed by atoms with Gasteiger partial charge in [0, 0.05) is 37.3 Å². The average molecular weight is 603 g/mol. The molecule has 236 valence electrons. The average Bonchev–Trinajstić information content (AvgIpc) is 3.29. The number of nitrogens with two attached hydrogens (primary N) is 1. The number of hydrogen-bond donors (Lipinski definition) is 5. The van der Waals surface area contributed by atoms with Gasteiger partial charge in [0.2, 0.25) is 17.7 Å². The Morgan fingerprint density at radius 3 is 2.07 bits per heavy atom. The van der Waals surface area contributed by atoms with Crippen LogP contribution < -0.4 is 27.0 Å². The van der Waals surface area contributed by atoms with Crippen molar-refractivity contribution < 1.29 is 38.3 Å². The van der Waals surface area contributed by atoms with Crippen LogP contribution in [0.5, 0.6) is 0 Å². The van der Waals surface area contributed by atoms with Crippen LogP contribution in [0.1, 0.15) is 59.4 Å². The van der Waals surface area contributed by atoms with Gasteiger partial charge in [-0.2, -0.15) is 0 Å². The van der Waals surface area contributed by atoms with E-state index in [0.29, 0.717) is 12.1 Å². The minimum absolute atomic E-state index is 0.0852. The number of primary amides is 1. The molecule has 2 atom stereocenters. The minimum atomic E-state index is -1.03. The molecule has 14 nitrogen and oxygen atoms in total. The van der Waals surface area contributed by atoms with Gasteiger partial charge in [0.1, 0.15) is 18.7 Å². The largest absolute Gasteiger partial charge is 0.461 e. The number of imide groups is 1. The summed E-state index contributed by atoms with van der Waals surface area (Å²) in [5, 5.41) is 10.2. The van der Waals surface area contributed by atoms with Crippen LogP contribution in [0, 0.1) is 5.92 Å². The van der Waals surface area contributed by atoms with Gasteiger partial charge in [-0.3, -0.25) is 33.7 Å². The number of esters is 1. The lowest BCUT2D eigenvalue weighted by atomic mass is 10.1. The Morgan fingerprint density at radius 2 is 1.51 bits per heavy atom. The third kappa shape index (κ3) is 13.2. The normalized spacial score (nSPS) is 13.4. The van der Waals surface area contributed by atoms with Gasteiger partial charge < -0.3 is 31.7 Å². The zero-order valence-corrected chi connectivity index (χ0v) is 25.2. The fraction of sp³-hybridized carbons (Fsp3) is 0.483. The van der Waals surface area contributed by atoms with E-state index in [0.717, 1.165) is 22.6 Å². The molecule has 1 aromatic carbocycles. The lowest BCUT2D eigenvalue weighted by Gasteiger charge is -2.22. The van der Waals surface area contributed by atoms with Crippen LogP contribution in [0.15, 0.2) is 36.4 Å². The van der Waals surface area contributed by atoms with Gasteiger partial charge in [-0.25, -0.2) is 4.79 Å². The van der Waals surface area contributed by atoms with Gasteiger partial charge in [0.15, 0.2) is 0 Å². The smallest absolute Gasteiger partial charge is 0.312 e. The zero-order valence-electron chi connectivity index (χ0n) is 25.2. The van der Waals surface area contributed by atoms with Gasteiger partial charge in [0.05, 0.1) is 5.92 Å². The standard InChI is InChI=1S/C27H36N6O8.C2H6/c1-16(2)26(39)41-15-18-6-8-19(9-7-18)31-25(38)20(5-4-13-29-27(28)40)32-24(37)17(3)30-21(34)12-14-33-22(35)10-11-23(33)36;1-2/h6-11,16-17,20H,4-5,12-15H2,1-3H3,(H,30,34)(H,31,38)(H,32,37)(H3,28,29,40);1-2H3/t17-,20-;/m0./s1. The topological polar surface area (TPSA) is 206 Å². The molecule has 43 heavy (non-hydrogen) atoms. The van der Waals surface area contributed by atoms with Crippen molar-refractivity contribution >= 4 is 47.2 Å². The summed E-state index contributed by atoms with van der Waals surface area (Å²) in [6.07, 6.45) is 2.48. The van der Waals surface area contributed by atoms with Gasteiger partial charge in [-0.05, 0) is 37.5 Å². The summed E-state index contributed by atoms with van der Waals surface area (Å²) in [6, 6.07) is 3.84. The monoisotopic (exact) mass is 602 g/mol. The molecule has 7 amide bonds. The second-order valence-corrected chi connectivity index (χ2v) is 9.64. The Bertz CT molecular complexity index is 1160. The molecule has 14 heteroatoms. The summed E-state index contributed by atoms with van der Waals surface area (Å²) < 4.78 is 5.19. The van der Waals surface area contributed by atoms with E-state index < -0.39 is 47.7 Å². The van der Waals surface area contributed by atoms with Crippen molar-refractivity contribution in [2.24, 2.45) is 11.7 Å². The third-order valence-electron chi connectivity index (χ3n) is 5.91. The van der Waals surface area contributed by atoms with Crippen LogP contribution in [0.25, 0.3) is 0 Å². The Balaban J connectivity index is 0.00000452. The van der Waals surface area contributed by atoms with Crippen molar-refractivity contribution in [1.29, 1.82) is 0 Å². The summed E-state index contributed by atoms with van der Waals surface area (Å²) in [5.74, 6) is -3.35. The summed E-state index contributed by atoms with van der Waals surface area (Å²) in [5.41, 5.74) is 6.23. The number of amides is 7. The maximum Gasteiger partial charge on any atom is 0.312 e. The maximum atomic E-state index is 13.0. The molecule has 2 rings (SSSR count). The van der Waals surface area contributed by atoms with Crippen LogP contribution in [0.4, 0.5) is 10.5 Å². The highest BCUT2D eigenvalue weighted by Gasteiger charge is 2.26. The number of rotatable bonds is 15. The number of hydrogen-bond acceptors (Lipinski definition) is 8. The van der Waals surface area contributed by atoms with E-state index in [1.54, 1.807) is 38.1 Å². The first-order valence-corrected chi connectivity index (χ1v) is 14.1. The first kappa shape index (κ1) is 36.3. The molecule has 1 aliphatic heterocycles. The first-order chi connectivity index (χ1) is 20.4. The van der Waals surface area contributed by atoms with Crippen molar-refractivity contribution in [3.63, 3.8) is 0 Å². The van der Waals surface area contributed by atoms with Gasteiger partial charge in [-0.15, -0.1) is 0 Å². The molecular weight excluding hydrogens is 560 g/mol. The molecule has 0 radical (unpaired) electrons. The molecule has 0 aliphatic carbocycles. The van der Waals surface area contributed by atoms with Gasteiger partial charge in [-0.1, -0.05) is 39.8 Å². The zero-order chi connectivity index (χ0) is 32.5. The summed E-state index contributed by atoms with van der Waals surface area (Å²) >= 11 is 0. The van der Waals surface area contributed by atoms with Crippen molar-refractivity contribution in [3.05, 3.63) is 42.0 Å². The first-order valence-electron chi connectivity index (χ1n) is 14.1. The fourth-order valence-electron chi connectivity index (χ4n) is 3.56. The molecule has 6 N–H and O–H groups in total. The number of urea groups is 1. The Morgan fingerprint density at radius 1 is 0.907 bits per heavy atom. The number of carbonyl (C=O) groups excluding carboxylic acids is 7. The quantitative estimate of drug-likeness (QED) is 0.111.